The molecule has 2 fully saturated rings. The Morgan fingerprint density at radius 3 is 1.99 bits per heavy atom. The number of aliphatic hydroxyl groups is 1. The van der Waals surface area contributed by atoms with Gasteiger partial charge in [0.05, 0.1) is 57.5 Å². The standard InChI is InChI=1S/C43H74N10O15S.26H2/c1-27(54)37(52-35(57)25-68-23-21-65-18-15-47-34(56)24-67-22-20-66-19-16-48-36(58)26-69-28(2)55)40(61)50-31(10-3-4-13-44)41(62)53-17-7-12-33(53)38(59)29-8-5-9-30(29)39(60)51-32(42(63)64)11-6-14-49-43(45)46;;;;;;;;;;;;;;;;;;;;;;;;;;/h27,29-33,37,54H,3-26,44H2,1-2H3,(H,47,56)(H,48,58)(H,50,61)(H,51,60)(H,52,57)(H,63,64)(H4,45,46,49);26*1H/t27-,29?,30-,31+,32+,33+,37+;;;;;;;;;;;;;;;;;;;;;;;;;;/m1........................../s1/i;25*1+1D;1+1. The average molecular weight is 1110 g/mol. The number of aliphatic imine (C=N–C) groups is 1. The molecule has 1 aliphatic heterocycles. The number of hydrogen-bond acceptors (Lipinski definition) is 17. The molecule has 1 aliphatic carbocycles. The minimum Gasteiger partial charge on any atom is -0.480 e. The number of aliphatic hydroxyl groups excluding tert-OH is 1. The highest BCUT2D eigenvalue weighted by atomic mass is 32.2. The van der Waals surface area contributed by atoms with Crippen LogP contribution < -0.4 is 43.8 Å². The molecule has 444 valence electrons. The molecule has 0 spiro atoms. The lowest BCUT2D eigenvalue weighted by atomic mass is 9.86. The number of carboxylic acids is 1. The molecule has 2 aliphatic rings. The van der Waals surface area contributed by atoms with Crippen LogP contribution in [-0.4, -0.2) is 195 Å². The molecule has 6 amide bonds. The van der Waals surface area contributed by atoms with Crippen molar-refractivity contribution in [1.82, 2.24) is 31.5 Å². The van der Waals surface area contributed by atoms with Crippen LogP contribution in [0.1, 0.15) is 154 Å². The smallest absolute Gasteiger partial charge is 0.326 e. The predicted octanol–water partition coefficient (Wildman–Crippen LogP) is 3.04. The molecular weight excluding hydrogens is 929 g/mol. The minimum atomic E-state index is -1.47. The Labute approximate surface area is 485 Å². The third-order valence-corrected chi connectivity index (χ3v) is 11.9. The summed E-state index contributed by atoms with van der Waals surface area (Å²) in [6.07, 6.45) is 2.23. The number of carbonyl (C=O) groups is 9. The van der Waals surface area contributed by atoms with Crippen molar-refractivity contribution < 1.29 is 148 Å². The Bertz CT molecular complexity index is 1820. The average Bonchev–Trinajstić information content (AvgIpc) is 1.64. The van der Waals surface area contributed by atoms with Gasteiger partial charge in [-0.15, -0.1) is 0 Å². The Balaban J connectivity index is -0.0000000654. The number of nitrogens with two attached hydrogens (primary N) is 3. The summed E-state index contributed by atoms with van der Waals surface area (Å²) in [5.74, 6) is -6.48. The van der Waals surface area contributed by atoms with Crippen molar-refractivity contribution in [3.63, 3.8) is 0 Å². The SMILES string of the molecule is CC(=O)SCC(=O)NCCOCCOCC(=O)NCCOCCOCC(=O)N[C@H](C(=O)N[C@@H](CCCCN)C(=O)N1CCC[C@H]1C(=O)C1CCC[C@H]1C(=O)N[C@@H](CCCN=C(N)N)C(=O)O)[C@@H](C)O.[2HH].[2H][2H].[2H][2H].[2H][2H].[2H][2H].[2H][2H].[2H][2H].[2H][2H].[2H][2H].[2H][2H].[2H][2H].[2H][2H].[2H][2H].[2H][2H].[2H][2H].[2H][2H].[2H][2H].[2H][2H].[2H][2H].[2H][2H].[2H][2H].[2H][2H].[2H][2H].[2H][2H].[2H][2H].[2H][2H]. The van der Waals surface area contributed by atoms with E-state index in [2.05, 4.69) is 31.6 Å². The van der Waals surface area contributed by atoms with Gasteiger partial charge in [-0.2, -0.15) is 0 Å². The number of Topliss-reactive ketones (excluding diaryl/α,β-unsaturated/α-hetero) is 1. The number of nitrogens with one attached hydrogen (secondary N) is 5. The highest BCUT2D eigenvalue weighted by Gasteiger charge is 2.46. The number of ketones is 1. The first-order valence-electron chi connectivity index (χ1n) is 48.3. The van der Waals surface area contributed by atoms with E-state index < -0.39 is 78.3 Å². The summed E-state index contributed by atoms with van der Waals surface area (Å²) >= 11 is 0.918. The number of carboxylic acid groups (broad SMARTS) is 1. The molecule has 1 heterocycles. The fourth-order valence-corrected chi connectivity index (χ4v) is 8.06. The van der Waals surface area contributed by atoms with Crippen molar-refractivity contribution in [2.75, 3.05) is 91.3 Å². The Kier molecular flexibility index (Phi) is 15.6. The summed E-state index contributed by atoms with van der Waals surface area (Å²) in [7, 11) is 0. The van der Waals surface area contributed by atoms with Gasteiger partial charge in [0.1, 0.15) is 31.3 Å². The molecule has 1 unspecified atom stereocenters. The molecule has 7 atom stereocenters. The van der Waals surface area contributed by atoms with E-state index in [0.29, 0.717) is 57.9 Å². The third kappa shape index (κ3) is 24.4. The maximum atomic E-state index is 14.2. The number of aliphatic carboxylic acids is 1. The predicted molar refractivity (Wildman–Crippen MR) is 306 cm³/mol. The summed E-state index contributed by atoms with van der Waals surface area (Å²) in [6.45, 7) is 3.97. The first-order chi connectivity index (χ1) is 58.0. The second-order valence-corrected chi connectivity index (χ2v) is 17.7. The van der Waals surface area contributed by atoms with Crippen LogP contribution in [0.5, 0.6) is 0 Å². The molecule has 1 saturated carbocycles. The summed E-state index contributed by atoms with van der Waals surface area (Å²) in [5.41, 5.74) is 16.4. The van der Waals surface area contributed by atoms with Gasteiger partial charge in [-0.25, -0.2) is 4.79 Å². The van der Waals surface area contributed by atoms with Crippen LogP contribution in [0.15, 0.2) is 4.99 Å². The Morgan fingerprint density at radius 2 is 1.38 bits per heavy atom. The number of unbranched alkanes of at least 4 members (excludes halogenated alkanes) is 1. The van der Waals surface area contributed by atoms with Crippen LogP contribution in [0, 0.1) is 11.8 Å². The summed E-state index contributed by atoms with van der Waals surface area (Å²) in [6, 6.07) is -4.70. The molecule has 1 saturated heterocycles. The number of likely N-dealkylation sites (tertiary alicyclic amines) is 1. The van der Waals surface area contributed by atoms with Gasteiger partial charge < -0.3 is 77.8 Å². The molecular formula is C43H126N10O15S. The number of thioether (sulfide) groups is 1. The lowest BCUT2D eigenvalue weighted by Gasteiger charge is -2.32. The van der Waals surface area contributed by atoms with E-state index in [1.54, 1.807) is 0 Å². The fraction of sp³-hybridized carbons (Fsp3) is 0.767. The van der Waals surface area contributed by atoms with E-state index in [-0.39, 0.29) is 121 Å². The van der Waals surface area contributed by atoms with Crippen molar-refractivity contribution in [2.45, 2.75) is 108 Å². The summed E-state index contributed by atoms with van der Waals surface area (Å²) in [4.78, 5) is 120. The van der Waals surface area contributed by atoms with Crippen molar-refractivity contribution in [3.05, 3.63) is 0 Å². The number of carbonyl (C=O) groups excluding carboxylic acids is 8. The lowest BCUT2D eigenvalue weighted by Crippen LogP contribution is -2.58. The highest BCUT2D eigenvalue weighted by molar-refractivity contribution is 8.14. The zero-order valence-electron chi connectivity index (χ0n) is 89.7. The molecule has 2 rings (SSSR count). The van der Waals surface area contributed by atoms with Crippen molar-refractivity contribution >= 4 is 70.0 Å². The summed E-state index contributed by atoms with van der Waals surface area (Å²) < 4.78 is 271. The first-order valence-corrected chi connectivity index (χ1v) is 24.3. The number of guanidine groups is 1. The molecule has 69 heavy (non-hydrogen) atoms. The van der Waals surface area contributed by atoms with E-state index in [4.69, 9.17) is 110 Å². The maximum Gasteiger partial charge on any atom is 0.326 e. The van der Waals surface area contributed by atoms with Gasteiger partial charge in [0.15, 0.2) is 16.9 Å². The van der Waals surface area contributed by atoms with Gasteiger partial charge in [0, 0.05) is 121 Å². The molecule has 0 radical (unpaired) electrons. The molecule has 13 N–H and O–H groups in total. The number of nitrogens with zero attached hydrogens (tertiary/aromatic N) is 2. The second kappa shape index (κ2) is 34.3. The minimum absolute atomic E-state index is 0. The third-order valence-electron chi connectivity index (χ3n) is 11.0. The Morgan fingerprint density at radius 1 is 0.768 bits per heavy atom. The van der Waals surface area contributed by atoms with E-state index in [1.165, 1.54) is 18.7 Å². The number of ether oxygens (including phenoxy) is 4. The number of rotatable bonds is 36. The van der Waals surface area contributed by atoms with Crippen LogP contribution in [0.2, 0.25) is 0 Å². The van der Waals surface area contributed by atoms with Gasteiger partial charge in [0.25, 0.3) is 0 Å². The molecule has 25 nitrogen and oxygen atoms in total. The zero-order valence-corrected chi connectivity index (χ0v) is 40.6. The zero-order chi connectivity index (χ0) is 101. The Hall–Kier alpha value is -4.99. The van der Waals surface area contributed by atoms with Gasteiger partial charge >= 0.3 is 5.97 Å². The van der Waals surface area contributed by atoms with Crippen molar-refractivity contribution in [3.8, 4) is 0 Å². The fourth-order valence-electron chi connectivity index (χ4n) is 7.62. The van der Waals surface area contributed by atoms with Crippen LogP contribution in [0.25, 0.3) is 0 Å². The van der Waals surface area contributed by atoms with E-state index in [1.807, 2.05) is 0 Å². The molecule has 0 aromatic carbocycles. The van der Waals surface area contributed by atoms with Crippen LogP contribution in [-0.2, 0) is 62.1 Å². The monoisotopic (exact) mass is 1110 g/mol. The van der Waals surface area contributed by atoms with E-state index in [0.717, 1.165) is 11.8 Å². The normalized spacial score (nSPS) is 21.2. The van der Waals surface area contributed by atoms with Crippen LogP contribution in [0.3, 0.4) is 0 Å². The van der Waals surface area contributed by atoms with Gasteiger partial charge in [-0.05, 0) is 71.3 Å². The second-order valence-electron chi connectivity index (χ2n) is 16.5. The van der Waals surface area contributed by atoms with Crippen LogP contribution in [0.4, 0.5) is 0 Å². The van der Waals surface area contributed by atoms with Gasteiger partial charge in [0.2, 0.25) is 35.4 Å². The highest BCUT2D eigenvalue weighted by Crippen LogP contribution is 2.36. The number of amides is 6. The molecule has 26 heteroatoms. The molecule has 0 aromatic rings. The van der Waals surface area contributed by atoms with E-state index >= 15 is 0 Å². The van der Waals surface area contributed by atoms with Gasteiger partial charge in [-0.1, -0.05) is 18.2 Å². The number of hydrogen-bond donors (Lipinski definition) is 10. The van der Waals surface area contributed by atoms with Crippen LogP contribution >= 0.6 is 11.8 Å². The van der Waals surface area contributed by atoms with Crippen molar-refractivity contribution in [1.29, 1.82) is 0 Å². The quantitative estimate of drug-likeness (QED) is 0.0245. The lowest BCUT2D eigenvalue weighted by molar-refractivity contribution is -0.145. The molecule has 0 bridgehead atoms. The van der Waals surface area contributed by atoms with Gasteiger partial charge in [-0.3, -0.25) is 43.3 Å². The van der Waals surface area contributed by atoms with E-state index in [9.17, 15) is 53.4 Å². The van der Waals surface area contributed by atoms with Crippen molar-refractivity contribution in [2.24, 2.45) is 34.0 Å². The summed E-state index contributed by atoms with van der Waals surface area (Å²) in [5, 5.41) is 33.0. The topological polar surface area (TPSA) is 385 Å². The molecule has 0 aromatic heterocycles. The maximum absolute atomic E-state index is 14.2. The first kappa shape index (κ1) is 31.4. The largest absolute Gasteiger partial charge is 0.480 e.